The number of nitrogens with zero attached hydrogens (tertiary/aromatic N) is 2. The zero-order valence-electron chi connectivity index (χ0n) is 15.0. The van der Waals surface area contributed by atoms with Crippen LogP contribution in [0.5, 0.6) is 0 Å². The molecule has 3 nitrogen and oxygen atoms in total. The van der Waals surface area contributed by atoms with Crippen LogP contribution in [0.2, 0.25) is 5.15 Å². The van der Waals surface area contributed by atoms with Gasteiger partial charge >= 0.3 is 0 Å². The van der Waals surface area contributed by atoms with Crippen LogP contribution in [-0.4, -0.2) is 21.8 Å². The lowest BCUT2D eigenvalue weighted by molar-refractivity contribution is -0.135. The molecule has 132 valence electrons. The summed E-state index contributed by atoms with van der Waals surface area (Å²) in [4.78, 5) is 19.6. The molecular weight excluding hydrogens is 332 g/mol. The molecule has 1 aromatic heterocycles. The van der Waals surface area contributed by atoms with E-state index in [9.17, 15) is 4.79 Å². The van der Waals surface area contributed by atoms with E-state index in [0.29, 0.717) is 23.6 Å². The minimum absolute atomic E-state index is 0.247. The van der Waals surface area contributed by atoms with Crippen LogP contribution in [0.3, 0.4) is 0 Å². The van der Waals surface area contributed by atoms with Crippen molar-refractivity contribution in [3.8, 4) is 0 Å². The van der Waals surface area contributed by atoms with Crippen molar-refractivity contribution in [3.05, 3.63) is 40.0 Å². The van der Waals surface area contributed by atoms with E-state index in [4.69, 9.17) is 11.6 Å². The fraction of sp³-hybridized carbons (Fsp3) is 0.524. The first-order valence-electron chi connectivity index (χ1n) is 9.40. The summed E-state index contributed by atoms with van der Waals surface area (Å²) in [5.41, 5.74) is 4.31. The van der Waals surface area contributed by atoms with Crippen LogP contribution < -0.4 is 0 Å². The van der Waals surface area contributed by atoms with Crippen LogP contribution in [0.1, 0.15) is 55.2 Å². The maximum atomic E-state index is 12.8. The molecule has 25 heavy (non-hydrogen) atoms. The van der Waals surface area contributed by atoms with Gasteiger partial charge in [0.05, 0.1) is 5.52 Å². The van der Waals surface area contributed by atoms with Gasteiger partial charge in [-0.05, 0) is 62.8 Å². The lowest BCUT2D eigenvalue weighted by atomic mass is 10.0. The van der Waals surface area contributed by atoms with Gasteiger partial charge in [-0.2, -0.15) is 0 Å². The number of hydrogen-bond acceptors (Lipinski definition) is 2. The van der Waals surface area contributed by atoms with Crippen LogP contribution in [-0.2, 0) is 11.3 Å². The van der Waals surface area contributed by atoms with E-state index in [-0.39, 0.29) is 5.92 Å². The van der Waals surface area contributed by atoms with Crippen molar-refractivity contribution in [2.24, 2.45) is 5.92 Å². The Labute approximate surface area is 154 Å². The molecule has 4 heteroatoms. The first kappa shape index (κ1) is 16.8. The summed E-state index contributed by atoms with van der Waals surface area (Å²) in [6.07, 6.45) is 6.78. The smallest absolute Gasteiger partial charge is 0.226 e. The van der Waals surface area contributed by atoms with E-state index in [2.05, 4.69) is 41.9 Å². The highest BCUT2D eigenvalue weighted by molar-refractivity contribution is 6.30. The summed E-state index contributed by atoms with van der Waals surface area (Å²) in [5.74, 6) is 0.570. The minimum atomic E-state index is 0.247. The van der Waals surface area contributed by atoms with Crippen LogP contribution in [0.15, 0.2) is 18.2 Å². The van der Waals surface area contributed by atoms with Gasteiger partial charge in [-0.1, -0.05) is 30.5 Å². The predicted molar refractivity (Wildman–Crippen MR) is 102 cm³/mol. The monoisotopic (exact) mass is 356 g/mol. The predicted octanol–water partition coefficient (Wildman–Crippen LogP) is 5.19. The largest absolute Gasteiger partial charge is 0.335 e. The van der Waals surface area contributed by atoms with E-state index in [1.807, 2.05) is 0 Å². The van der Waals surface area contributed by atoms with Crippen molar-refractivity contribution in [2.75, 3.05) is 0 Å². The highest BCUT2D eigenvalue weighted by Crippen LogP contribution is 2.36. The van der Waals surface area contributed by atoms with Gasteiger partial charge in [0.25, 0.3) is 0 Å². The molecule has 1 amide bonds. The molecule has 2 aliphatic rings. The van der Waals surface area contributed by atoms with Crippen molar-refractivity contribution in [3.63, 3.8) is 0 Å². The first-order valence-corrected chi connectivity index (χ1v) is 9.77. The van der Waals surface area contributed by atoms with Crippen LogP contribution in [0.4, 0.5) is 0 Å². The van der Waals surface area contributed by atoms with Crippen LogP contribution >= 0.6 is 11.6 Å². The van der Waals surface area contributed by atoms with Crippen LogP contribution in [0, 0.1) is 19.8 Å². The zero-order valence-corrected chi connectivity index (χ0v) is 15.8. The molecular formula is C21H25ClN2O. The number of benzene rings is 1. The number of rotatable bonds is 4. The van der Waals surface area contributed by atoms with Gasteiger partial charge < -0.3 is 4.90 Å². The fourth-order valence-electron chi connectivity index (χ4n) is 4.11. The second-order valence-corrected chi connectivity index (χ2v) is 8.12. The Morgan fingerprint density at radius 2 is 1.88 bits per heavy atom. The number of carbonyl (C=O) groups excluding carboxylic acids is 1. The molecule has 2 saturated carbocycles. The Morgan fingerprint density at radius 1 is 1.16 bits per heavy atom. The van der Waals surface area contributed by atoms with Gasteiger partial charge in [-0.3, -0.25) is 4.79 Å². The Hall–Kier alpha value is -1.61. The molecule has 0 N–H and O–H groups in total. The van der Waals surface area contributed by atoms with Gasteiger partial charge in [-0.25, -0.2) is 4.98 Å². The van der Waals surface area contributed by atoms with E-state index in [0.717, 1.165) is 42.1 Å². The quantitative estimate of drug-likeness (QED) is 0.706. The van der Waals surface area contributed by atoms with Gasteiger partial charge in [0.15, 0.2) is 0 Å². The number of pyridine rings is 1. The average molecular weight is 357 g/mol. The number of amides is 1. The Kier molecular flexibility index (Phi) is 4.45. The molecule has 0 bridgehead atoms. The molecule has 2 fully saturated rings. The lowest BCUT2D eigenvalue weighted by Gasteiger charge is -2.29. The average Bonchev–Trinajstić information content (AvgIpc) is 3.28. The molecule has 2 aromatic rings. The van der Waals surface area contributed by atoms with Gasteiger partial charge in [-0.15, -0.1) is 0 Å². The number of hydrogen-bond donors (Lipinski definition) is 0. The maximum absolute atomic E-state index is 12.8. The molecule has 1 heterocycles. The summed E-state index contributed by atoms with van der Waals surface area (Å²) in [6.45, 7) is 4.78. The van der Waals surface area contributed by atoms with E-state index >= 15 is 0 Å². The van der Waals surface area contributed by atoms with Crippen molar-refractivity contribution < 1.29 is 4.79 Å². The standard InChI is InChI=1S/C21H25ClN2O/c1-13-9-14(2)18-11-16(20(22)23-19(18)10-13)12-24(17-5-3-4-6-17)21(25)15-7-8-15/h9-11,15,17H,3-8,12H2,1-2H3. The Balaban J connectivity index is 1.69. The first-order chi connectivity index (χ1) is 12.0. The Bertz CT molecular complexity index is 822. The zero-order chi connectivity index (χ0) is 17.6. The summed E-state index contributed by atoms with van der Waals surface area (Å²) in [6, 6.07) is 6.76. The van der Waals surface area contributed by atoms with Crippen molar-refractivity contribution in [1.29, 1.82) is 0 Å². The molecule has 2 aliphatic carbocycles. The third-order valence-electron chi connectivity index (χ3n) is 5.63. The SMILES string of the molecule is Cc1cc(C)c2cc(CN(C(=O)C3CC3)C3CCCC3)c(Cl)nc2c1. The van der Waals surface area contributed by atoms with Crippen molar-refractivity contribution in [2.45, 2.75) is 65.0 Å². The second kappa shape index (κ2) is 6.60. The van der Waals surface area contributed by atoms with Crippen molar-refractivity contribution in [1.82, 2.24) is 9.88 Å². The topological polar surface area (TPSA) is 33.2 Å². The van der Waals surface area contributed by atoms with Gasteiger partial charge in [0, 0.05) is 29.5 Å². The van der Waals surface area contributed by atoms with E-state index in [1.54, 1.807) is 0 Å². The third-order valence-corrected chi connectivity index (χ3v) is 5.95. The fourth-order valence-corrected chi connectivity index (χ4v) is 4.32. The molecule has 1 aromatic carbocycles. The minimum Gasteiger partial charge on any atom is -0.335 e. The molecule has 0 spiro atoms. The highest BCUT2D eigenvalue weighted by atomic mass is 35.5. The molecule has 0 atom stereocenters. The van der Waals surface area contributed by atoms with Crippen LogP contribution in [0.25, 0.3) is 10.9 Å². The highest BCUT2D eigenvalue weighted by Gasteiger charge is 2.37. The van der Waals surface area contributed by atoms with Gasteiger partial charge in [0.2, 0.25) is 5.91 Å². The Morgan fingerprint density at radius 3 is 2.56 bits per heavy atom. The molecule has 0 saturated heterocycles. The third kappa shape index (κ3) is 3.39. The van der Waals surface area contributed by atoms with Gasteiger partial charge in [0.1, 0.15) is 5.15 Å². The normalized spacial score (nSPS) is 18.0. The number of carbonyl (C=O) groups is 1. The lowest BCUT2D eigenvalue weighted by Crippen LogP contribution is -2.39. The summed E-state index contributed by atoms with van der Waals surface area (Å²) < 4.78 is 0. The van der Waals surface area contributed by atoms with E-state index in [1.165, 1.54) is 24.0 Å². The van der Waals surface area contributed by atoms with Crippen molar-refractivity contribution >= 4 is 28.4 Å². The molecule has 0 aliphatic heterocycles. The van der Waals surface area contributed by atoms with E-state index < -0.39 is 0 Å². The maximum Gasteiger partial charge on any atom is 0.226 e. The summed E-state index contributed by atoms with van der Waals surface area (Å²) in [5, 5.41) is 1.67. The molecule has 0 unspecified atom stereocenters. The second-order valence-electron chi connectivity index (χ2n) is 7.77. The number of fused-ring (bicyclic) bond motifs is 1. The summed E-state index contributed by atoms with van der Waals surface area (Å²) in [7, 11) is 0. The molecule has 0 radical (unpaired) electrons. The number of aryl methyl sites for hydroxylation is 2. The number of halogens is 1. The summed E-state index contributed by atoms with van der Waals surface area (Å²) >= 11 is 6.51. The molecule has 4 rings (SSSR count). The number of aromatic nitrogens is 1.